The molecule has 0 saturated carbocycles. The average molecular weight is 461 g/mol. The largest absolute Gasteiger partial charge is 0.357 e. The van der Waals surface area contributed by atoms with Crippen molar-refractivity contribution in [3.8, 4) is 0 Å². The highest BCUT2D eigenvalue weighted by Crippen LogP contribution is 2.29. The number of pyridine rings is 1. The molecule has 6 nitrogen and oxygen atoms in total. The van der Waals surface area contributed by atoms with E-state index in [1.54, 1.807) is 30.5 Å². The number of benzene rings is 2. The second kappa shape index (κ2) is 9.24. The molecule has 2 aliphatic rings. The maximum absolute atomic E-state index is 13.0. The molecule has 5 rings (SSSR count). The molecular weight excluding hydrogens is 436 g/mol. The van der Waals surface area contributed by atoms with Crippen LogP contribution in [0.1, 0.15) is 28.8 Å². The van der Waals surface area contributed by atoms with Gasteiger partial charge in [-0.05, 0) is 67.3 Å². The van der Waals surface area contributed by atoms with Crippen LogP contribution in [-0.4, -0.2) is 36.4 Å². The predicted octanol–water partition coefficient (Wildman–Crippen LogP) is 4.79. The van der Waals surface area contributed by atoms with E-state index in [2.05, 4.69) is 21.3 Å². The Balaban J connectivity index is 1.17. The van der Waals surface area contributed by atoms with E-state index in [4.69, 9.17) is 11.6 Å². The van der Waals surface area contributed by atoms with Gasteiger partial charge in [-0.3, -0.25) is 9.59 Å². The van der Waals surface area contributed by atoms with E-state index in [0.717, 1.165) is 43.9 Å². The van der Waals surface area contributed by atoms with Crippen molar-refractivity contribution >= 4 is 40.6 Å². The lowest BCUT2D eigenvalue weighted by Crippen LogP contribution is -2.38. The molecule has 3 aromatic rings. The van der Waals surface area contributed by atoms with Crippen LogP contribution in [0, 0.1) is 5.92 Å². The highest BCUT2D eigenvalue weighted by atomic mass is 35.5. The van der Waals surface area contributed by atoms with Crippen molar-refractivity contribution in [3.63, 3.8) is 0 Å². The topological polar surface area (TPSA) is 65.5 Å². The van der Waals surface area contributed by atoms with Crippen molar-refractivity contribution in [1.82, 2.24) is 4.98 Å². The Labute approximate surface area is 198 Å². The molecule has 0 aliphatic carbocycles. The maximum atomic E-state index is 13.0. The fourth-order valence-electron chi connectivity index (χ4n) is 4.57. The van der Waals surface area contributed by atoms with Gasteiger partial charge in [-0.1, -0.05) is 29.8 Å². The van der Waals surface area contributed by atoms with Crippen molar-refractivity contribution < 1.29 is 9.59 Å². The molecule has 0 spiro atoms. The Morgan fingerprint density at radius 1 is 0.939 bits per heavy atom. The predicted molar refractivity (Wildman–Crippen MR) is 131 cm³/mol. The highest BCUT2D eigenvalue weighted by molar-refractivity contribution is 6.30. The Kier molecular flexibility index (Phi) is 6.01. The van der Waals surface area contributed by atoms with Crippen LogP contribution in [-0.2, 0) is 11.2 Å². The van der Waals surface area contributed by atoms with Gasteiger partial charge in [-0.2, -0.15) is 0 Å². The summed E-state index contributed by atoms with van der Waals surface area (Å²) < 4.78 is 0. The normalized spacial score (nSPS) is 15.9. The van der Waals surface area contributed by atoms with Gasteiger partial charge in [-0.25, -0.2) is 4.98 Å². The number of amides is 2. The first-order valence-electron chi connectivity index (χ1n) is 11.3. The third-order valence-corrected chi connectivity index (χ3v) is 6.66. The Morgan fingerprint density at radius 2 is 1.70 bits per heavy atom. The zero-order chi connectivity index (χ0) is 22.8. The third kappa shape index (κ3) is 4.57. The zero-order valence-electron chi connectivity index (χ0n) is 18.2. The molecule has 1 aromatic heterocycles. The van der Waals surface area contributed by atoms with Gasteiger partial charge >= 0.3 is 0 Å². The second-order valence-corrected chi connectivity index (χ2v) is 8.93. The van der Waals surface area contributed by atoms with E-state index in [1.165, 1.54) is 5.56 Å². The van der Waals surface area contributed by atoms with E-state index in [9.17, 15) is 9.59 Å². The van der Waals surface area contributed by atoms with Gasteiger partial charge < -0.3 is 15.1 Å². The molecule has 33 heavy (non-hydrogen) atoms. The summed E-state index contributed by atoms with van der Waals surface area (Å²) in [6.45, 7) is 2.25. The zero-order valence-corrected chi connectivity index (χ0v) is 19.0. The third-order valence-electron chi connectivity index (χ3n) is 6.43. The van der Waals surface area contributed by atoms with E-state index >= 15 is 0 Å². The minimum atomic E-state index is -0.0454. The summed E-state index contributed by atoms with van der Waals surface area (Å²) >= 11 is 5.92. The number of halogens is 1. The molecule has 1 saturated heterocycles. The van der Waals surface area contributed by atoms with Crippen LogP contribution in [0.2, 0.25) is 5.02 Å². The molecule has 2 aromatic carbocycles. The number of aromatic nitrogens is 1. The Hall–Kier alpha value is -3.38. The fourth-order valence-corrected chi connectivity index (χ4v) is 4.68. The summed E-state index contributed by atoms with van der Waals surface area (Å²) in [6.07, 6.45) is 4.05. The summed E-state index contributed by atoms with van der Waals surface area (Å²) in [5.41, 5.74) is 3.52. The first kappa shape index (κ1) is 21.5. The quantitative estimate of drug-likeness (QED) is 0.607. The molecule has 7 heteroatoms. The molecule has 0 bridgehead atoms. The number of hydrogen-bond acceptors (Lipinski definition) is 4. The van der Waals surface area contributed by atoms with E-state index < -0.39 is 0 Å². The number of piperidine rings is 1. The number of nitrogens with one attached hydrogen (secondary N) is 1. The summed E-state index contributed by atoms with van der Waals surface area (Å²) in [5, 5.41) is 3.63. The molecule has 2 aliphatic heterocycles. The number of rotatable bonds is 4. The number of hydrogen-bond donors (Lipinski definition) is 1. The number of carbonyl (C=O) groups excluding carboxylic acids is 2. The lowest BCUT2D eigenvalue weighted by molar-refractivity contribution is -0.120. The molecule has 2 amide bonds. The number of para-hydroxylation sites is 1. The molecule has 168 valence electrons. The van der Waals surface area contributed by atoms with Crippen molar-refractivity contribution in [2.45, 2.75) is 19.3 Å². The van der Waals surface area contributed by atoms with Gasteiger partial charge in [0.2, 0.25) is 5.91 Å². The van der Waals surface area contributed by atoms with Crippen LogP contribution < -0.4 is 15.1 Å². The van der Waals surface area contributed by atoms with Crippen molar-refractivity contribution in [1.29, 1.82) is 0 Å². The molecule has 0 radical (unpaired) electrons. The standard InChI is InChI=1S/C26H25ClN4O2/c27-21-7-10-24(28-17-21)30-14-11-19(12-15-30)25(32)29-22-8-5-20(6-9-22)26(33)31-16-13-18-3-1-2-4-23(18)31/h1-10,17,19H,11-16H2,(H,29,32). The summed E-state index contributed by atoms with van der Waals surface area (Å²) in [7, 11) is 0. The monoisotopic (exact) mass is 460 g/mol. The van der Waals surface area contributed by atoms with Crippen molar-refractivity contribution in [3.05, 3.63) is 83.0 Å². The first-order valence-corrected chi connectivity index (χ1v) is 11.6. The van der Waals surface area contributed by atoms with Crippen LogP contribution in [0.3, 0.4) is 0 Å². The SMILES string of the molecule is O=C(Nc1ccc(C(=O)N2CCc3ccccc32)cc1)C1CCN(c2ccc(Cl)cn2)CC1. The van der Waals surface area contributed by atoms with Crippen LogP contribution in [0.5, 0.6) is 0 Å². The second-order valence-electron chi connectivity index (χ2n) is 8.50. The molecule has 1 N–H and O–H groups in total. The average Bonchev–Trinajstić information content (AvgIpc) is 3.29. The minimum absolute atomic E-state index is 0.0130. The summed E-state index contributed by atoms with van der Waals surface area (Å²) in [5.74, 6) is 0.849. The Bertz CT molecular complexity index is 1160. The lowest BCUT2D eigenvalue weighted by Gasteiger charge is -2.32. The smallest absolute Gasteiger partial charge is 0.258 e. The first-order chi connectivity index (χ1) is 16.1. The Morgan fingerprint density at radius 3 is 2.42 bits per heavy atom. The summed E-state index contributed by atoms with van der Waals surface area (Å²) in [4.78, 5) is 34.1. The number of nitrogens with zero attached hydrogens (tertiary/aromatic N) is 3. The van der Waals surface area contributed by atoms with Gasteiger partial charge in [0.15, 0.2) is 0 Å². The van der Waals surface area contributed by atoms with E-state index in [0.29, 0.717) is 22.8 Å². The van der Waals surface area contributed by atoms with E-state index in [-0.39, 0.29) is 17.7 Å². The van der Waals surface area contributed by atoms with Crippen LogP contribution in [0.4, 0.5) is 17.2 Å². The summed E-state index contributed by atoms with van der Waals surface area (Å²) in [6, 6.07) is 18.9. The highest BCUT2D eigenvalue weighted by Gasteiger charge is 2.27. The molecule has 1 fully saturated rings. The van der Waals surface area contributed by atoms with Crippen LogP contribution in [0.15, 0.2) is 66.9 Å². The fraction of sp³-hybridized carbons (Fsp3) is 0.269. The van der Waals surface area contributed by atoms with Crippen LogP contribution >= 0.6 is 11.6 Å². The van der Waals surface area contributed by atoms with Gasteiger partial charge in [-0.15, -0.1) is 0 Å². The number of anilines is 3. The minimum Gasteiger partial charge on any atom is -0.357 e. The van der Waals surface area contributed by atoms with Gasteiger partial charge in [0.05, 0.1) is 5.02 Å². The maximum Gasteiger partial charge on any atom is 0.258 e. The molecule has 0 atom stereocenters. The van der Waals surface area contributed by atoms with Crippen molar-refractivity contribution in [2.24, 2.45) is 5.92 Å². The molecular formula is C26H25ClN4O2. The molecule has 3 heterocycles. The number of fused-ring (bicyclic) bond motifs is 1. The van der Waals surface area contributed by atoms with Crippen LogP contribution in [0.25, 0.3) is 0 Å². The van der Waals surface area contributed by atoms with Crippen molar-refractivity contribution in [2.75, 3.05) is 34.8 Å². The van der Waals surface area contributed by atoms with Gasteiger partial charge in [0.25, 0.3) is 5.91 Å². The number of carbonyl (C=O) groups is 2. The van der Waals surface area contributed by atoms with Gasteiger partial charge in [0, 0.05) is 48.7 Å². The lowest BCUT2D eigenvalue weighted by atomic mass is 9.95. The van der Waals surface area contributed by atoms with E-state index in [1.807, 2.05) is 35.2 Å². The van der Waals surface area contributed by atoms with Gasteiger partial charge in [0.1, 0.15) is 5.82 Å². The molecule has 0 unspecified atom stereocenters.